The molecule has 0 unspecified atom stereocenters. The Morgan fingerprint density at radius 2 is 2.00 bits per heavy atom. The van der Waals surface area contributed by atoms with Gasteiger partial charge in [-0.15, -0.1) is 0 Å². The second kappa shape index (κ2) is 3.37. The highest BCUT2D eigenvalue weighted by atomic mass is 15.0. The van der Waals surface area contributed by atoms with Crippen LogP contribution in [0.15, 0.2) is 0 Å². The van der Waals surface area contributed by atoms with Gasteiger partial charge in [0.2, 0.25) is 0 Å². The number of rotatable bonds is 4. The molecule has 1 heterocycles. The molecule has 1 nitrogen and oxygen atoms in total. The zero-order valence-electron chi connectivity index (χ0n) is 8.23. The first kappa shape index (κ1) is 8.55. The molecule has 1 saturated heterocycles. The Morgan fingerprint density at radius 1 is 1.25 bits per heavy atom. The van der Waals surface area contributed by atoms with Crippen molar-refractivity contribution in [3.8, 4) is 0 Å². The molecule has 1 spiro atoms. The van der Waals surface area contributed by atoms with Crippen LogP contribution in [0.5, 0.6) is 0 Å². The third kappa shape index (κ3) is 1.52. The van der Waals surface area contributed by atoms with Crippen LogP contribution in [0, 0.1) is 11.3 Å². The lowest BCUT2D eigenvalue weighted by atomic mass is 9.57. The van der Waals surface area contributed by atoms with Gasteiger partial charge in [-0.1, -0.05) is 32.6 Å². The third-order valence-electron chi connectivity index (χ3n) is 3.66. The van der Waals surface area contributed by atoms with Crippen molar-refractivity contribution in [3.63, 3.8) is 0 Å². The van der Waals surface area contributed by atoms with Crippen molar-refractivity contribution < 1.29 is 0 Å². The SMILES string of the molecule is CCCCCC1CC2(CNC2)C1. The van der Waals surface area contributed by atoms with E-state index in [-0.39, 0.29) is 0 Å². The van der Waals surface area contributed by atoms with Crippen LogP contribution in [0.25, 0.3) is 0 Å². The van der Waals surface area contributed by atoms with Gasteiger partial charge in [0.15, 0.2) is 0 Å². The van der Waals surface area contributed by atoms with Crippen LogP contribution in [-0.4, -0.2) is 13.1 Å². The highest BCUT2D eigenvalue weighted by molar-refractivity contribution is 5.02. The minimum absolute atomic E-state index is 0.802. The van der Waals surface area contributed by atoms with Gasteiger partial charge >= 0.3 is 0 Å². The lowest BCUT2D eigenvalue weighted by Crippen LogP contribution is -2.60. The van der Waals surface area contributed by atoms with Gasteiger partial charge in [0.1, 0.15) is 0 Å². The van der Waals surface area contributed by atoms with E-state index < -0.39 is 0 Å². The van der Waals surface area contributed by atoms with Gasteiger partial charge in [0, 0.05) is 13.1 Å². The summed E-state index contributed by atoms with van der Waals surface area (Å²) in [5, 5.41) is 3.39. The Bertz CT molecular complexity index is 141. The predicted molar refractivity (Wildman–Crippen MR) is 52.2 cm³/mol. The smallest absolute Gasteiger partial charge is 0.00204 e. The van der Waals surface area contributed by atoms with Gasteiger partial charge in [-0.2, -0.15) is 0 Å². The van der Waals surface area contributed by atoms with Gasteiger partial charge in [-0.25, -0.2) is 0 Å². The standard InChI is InChI=1S/C11H21N/c1-2-3-4-5-10-6-11(7-10)8-12-9-11/h10,12H,2-9H2,1H3. The summed E-state index contributed by atoms with van der Waals surface area (Å²) in [5.74, 6) is 1.10. The Kier molecular flexibility index (Phi) is 2.40. The second-order valence-electron chi connectivity index (χ2n) is 4.87. The second-order valence-corrected chi connectivity index (χ2v) is 4.87. The monoisotopic (exact) mass is 167 g/mol. The summed E-state index contributed by atoms with van der Waals surface area (Å²) >= 11 is 0. The summed E-state index contributed by atoms with van der Waals surface area (Å²) in [4.78, 5) is 0. The summed E-state index contributed by atoms with van der Waals surface area (Å²) in [6, 6.07) is 0. The average molecular weight is 167 g/mol. The molecule has 2 aliphatic rings. The fraction of sp³-hybridized carbons (Fsp3) is 1.00. The number of hydrogen-bond acceptors (Lipinski definition) is 1. The lowest BCUT2D eigenvalue weighted by Gasteiger charge is -2.54. The molecule has 1 heteroatoms. The van der Waals surface area contributed by atoms with Gasteiger partial charge in [-0.05, 0) is 24.2 Å². The van der Waals surface area contributed by atoms with E-state index in [0.717, 1.165) is 11.3 Å². The third-order valence-corrected chi connectivity index (χ3v) is 3.66. The number of unbranched alkanes of at least 4 members (excludes halogenated alkanes) is 2. The summed E-state index contributed by atoms with van der Waals surface area (Å²) in [7, 11) is 0. The normalized spacial score (nSPS) is 26.8. The van der Waals surface area contributed by atoms with Gasteiger partial charge in [0.05, 0.1) is 0 Å². The van der Waals surface area contributed by atoms with Gasteiger partial charge < -0.3 is 5.32 Å². The fourth-order valence-corrected chi connectivity index (χ4v) is 2.82. The molecular formula is C11H21N. The fourth-order valence-electron chi connectivity index (χ4n) is 2.82. The van der Waals surface area contributed by atoms with Gasteiger partial charge in [-0.3, -0.25) is 0 Å². The first-order valence-electron chi connectivity index (χ1n) is 5.55. The maximum Gasteiger partial charge on any atom is 0.00204 e. The maximum absolute atomic E-state index is 3.39. The molecule has 1 aliphatic heterocycles. The molecule has 70 valence electrons. The summed E-state index contributed by atoms with van der Waals surface area (Å²) in [6.07, 6.45) is 8.87. The van der Waals surface area contributed by atoms with Crippen LogP contribution in [-0.2, 0) is 0 Å². The van der Waals surface area contributed by atoms with E-state index in [4.69, 9.17) is 0 Å². The molecule has 0 aromatic carbocycles. The zero-order valence-corrected chi connectivity index (χ0v) is 8.23. The van der Waals surface area contributed by atoms with E-state index in [1.807, 2.05) is 0 Å². The molecule has 0 amide bonds. The number of hydrogen-bond donors (Lipinski definition) is 1. The molecule has 0 aromatic heterocycles. The van der Waals surface area contributed by atoms with Crippen LogP contribution in [0.2, 0.25) is 0 Å². The first-order chi connectivity index (χ1) is 5.85. The van der Waals surface area contributed by atoms with Crippen LogP contribution in [0.4, 0.5) is 0 Å². The Labute approximate surface area is 75.9 Å². The lowest BCUT2D eigenvalue weighted by molar-refractivity contribution is -0.00422. The van der Waals surface area contributed by atoms with Crippen molar-refractivity contribution in [3.05, 3.63) is 0 Å². The molecule has 0 radical (unpaired) electrons. The van der Waals surface area contributed by atoms with E-state index >= 15 is 0 Å². The van der Waals surface area contributed by atoms with Crippen LogP contribution < -0.4 is 5.32 Å². The zero-order chi connectivity index (χ0) is 8.44. The molecule has 1 saturated carbocycles. The van der Waals surface area contributed by atoms with E-state index in [2.05, 4.69) is 12.2 Å². The van der Waals surface area contributed by atoms with Crippen molar-refractivity contribution in [2.24, 2.45) is 11.3 Å². The predicted octanol–water partition coefficient (Wildman–Crippen LogP) is 2.57. The molecule has 0 aromatic rings. The van der Waals surface area contributed by atoms with Crippen molar-refractivity contribution >= 4 is 0 Å². The molecule has 2 rings (SSSR count). The molecule has 1 aliphatic carbocycles. The molecule has 12 heavy (non-hydrogen) atoms. The molecule has 2 fully saturated rings. The molecular weight excluding hydrogens is 146 g/mol. The topological polar surface area (TPSA) is 12.0 Å². The van der Waals surface area contributed by atoms with E-state index in [0.29, 0.717) is 0 Å². The minimum atomic E-state index is 0.802. The van der Waals surface area contributed by atoms with Crippen molar-refractivity contribution in [1.29, 1.82) is 0 Å². The molecule has 0 atom stereocenters. The van der Waals surface area contributed by atoms with E-state index in [1.54, 1.807) is 0 Å². The molecule has 0 bridgehead atoms. The Hall–Kier alpha value is -0.0400. The average Bonchev–Trinajstić information content (AvgIpc) is 1.90. The maximum atomic E-state index is 3.39. The van der Waals surface area contributed by atoms with Crippen molar-refractivity contribution in [2.75, 3.05) is 13.1 Å². The summed E-state index contributed by atoms with van der Waals surface area (Å²) < 4.78 is 0. The largest absolute Gasteiger partial charge is 0.316 e. The van der Waals surface area contributed by atoms with Crippen LogP contribution in [0.1, 0.15) is 45.4 Å². The summed E-state index contributed by atoms with van der Waals surface area (Å²) in [5.41, 5.74) is 0.802. The Balaban J connectivity index is 1.56. The first-order valence-corrected chi connectivity index (χ1v) is 5.55. The van der Waals surface area contributed by atoms with Crippen molar-refractivity contribution in [1.82, 2.24) is 5.32 Å². The van der Waals surface area contributed by atoms with Crippen LogP contribution >= 0.6 is 0 Å². The quantitative estimate of drug-likeness (QED) is 0.635. The molecule has 1 N–H and O–H groups in total. The van der Waals surface area contributed by atoms with Crippen molar-refractivity contribution in [2.45, 2.75) is 45.4 Å². The number of nitrogens with one attached hydrogen (secondary N) is 1. The van der Waals surface area contributed by atoms with Crippen LogP contribution in [0.3, 0.4) is 0 Å². The van der Waals surface area contributed by atoms with E-state index in [9.17, 15) is 0 Å². The minimum Gasteiger partial charge on any atom is -0.316 e. The Morgan fingerprint density at radius 3 is 2.50 bits per heavy atom. The van der Waals surface area contributed by atoms with E-state index in [1.165, 1.54) is 51.6 Å². The highest BCUT2D eigenvalue weighted by Gasteiger charge is 2.47. The summed E-state index contributed by atoms with van der Waals surface area (Å²) in [6.45, 7) is 4.92. The highest BCUT2D eigenvalue weighted by Crippen LogP contribution is 2.50. The van der Waals surface area contributed by atoms with Gasteiger partial charge in [0.25, 0.3) is 0 Å².